The molecule has 0 nitrogen and oxygen atoms in total. The average molecular weight is 611 g/mol. The van der Waals surface area contributed by atoms with E-state index in [1.165, 1.54) is 96.3 Å². The first kappa shape index (κ1) is 30.6. The second-order valence-electron chi connectivity index (χ2n) is 8.91. The molecule has 0 aliphatic heterocycles. The van der Waals surface area contributed by atoms with Gasteiger partial charge in [-0.05, 0) is 55.5 Å². The van der Waals surface area contributed by atoms with Crippen molar-refractivity contribution in [2.75, 3.05) is 0 Å². The third-order valence-electron chi connectivity index (χ3n) is 5.94. The third kappa shape index (κ3) is 19.6. The zero-order valence-corrected chi connectivity index (χ0v) is 25.9. The molecule has 3 aliphatic rings. The van der Waals surface area contributed by atoms with E-state index in [-0.39, 0.29) is 0 Å². The van der Waals surface area contributed by atoms with E-state index < -0.39 is 13.5 Å². The summed E-state index contributed by atoms with van der Waals surface area (Å²) in [4.78, 5) is 0. The quantitative estimate of drug-likeness (QED) is 0.220. The van der Waals surface area contributed by atoms with E-state index in [2.05, 4.69) is 27.7 Å². The molecule has 4 rings (SSSR count). The van der Waals surface area contributed by atoms with Gasteiger partial charge < -0.3 is 0 Å². The van der Waals surface area contributed by atoms with Gasteiger partial charge in [0.1, 0.15) is 0 Å². The summed E-state index contributed by atoms with van der Waals surface area (Å²) in [5, 5.41) is 0. The van der Waals surface area contributed by atoms with Crippen LogP contribution < -0.4 is 0 Å². The van der Waals surface area contributed by atoms with Gasteiger partial charge in [0.05, 0.1) is 0 Å². The minimum absolute atomic E-state index is 0.953. The predicted octanol–water partition coefficient (Wildman–Crippen LogP) is 9.35. The normalized spacial score (nSPS) is 20.6. The Morgan fingerprint density at radius 2 is 0.903 bits per heavy atom. The average Bonchev–Trinajstić information content (AvgIpc) is 2.77. The van der Waals surface area contributed by atoms with Gasteiger partial charge in [-0.15, -0.1) is 27.7 Å². The summed E-state index contributed by atoms with van der Waals surface area (Å²) in [5.74, 6) is 0. The van der Waals surface area contributed by atoms with Crippen LogP contribution in [0.25, 0.3) is 0 Å². The molecule has 3 saturated carbocycles. The SMILES string of the molecule is PC1CCCCC1.PC1CCCCC1.PC1CCCCC1.[Cl][Ru]([Cl])=[CH]c1ccccc1. The van der Waals surface area contributed by atoms with E-state index in [1.54, 1.807) is 0 Å². The van der Waals surface area contributed by atoms with Gasteiger partial charge in [-0.2, -0.15) is 0 Å². The van der Waals surface area contributed by atoms with Gasteiger partial charge in [0.15, 0.2) is 0 Å². The number of halogens is 2. The van der Waals surface area contributed by atoms with Crippen LogP contribution >= 0.6 is 47.1 Å². The molecule has 0 aromatic heterocycles. The topological polar surface area (TPSA) is 0 Å². The van der Waals surface area contributed by atoms with Crippen LogP contribution in [0.15, 0.2) is 30.3 Å². The molecule has 0 bridgehead atoms. The van der Waals surface area contributed by atoms with Crippen molar-refractivity contribution in [1.82, 2.24) is 0 Å². The van der Waals surface area contributed by atoms with Crippen LogP contribution in [-0.4, -0.2) is 21.6 Å². The zero-order valence-electron chi connectivity index (χ0n) is 19.1. The summed E-state index contributed by atoms with van der Waals surface area (Å²) in [7, 11) is 20.0. The van der Waals surface area contributed by atoms with Crippen LogP contribution in [0.2, 0.25) is 0 Å². The van der Waals surface area contributed by atoms with E-state index in [0.717, 1.165) is 22.5 Å². The molecule has 31 heavy (non-hydrogen) atoms. The van der Waals surface area contributed by atoms with E-state index in [4.69, 9.17) is 19.4 Å². The Morgan fingerprint density at radius 1 is 0.581 bits per heavy atom. The Balaban J connectivity index is 0.000000209. The minimum atomic E-state index is -1.61. The predicted molar refractivity (Wildman–Crippen MR) is 153 cm³/mol. The van der Waals surface area contributed by atoms with Crippen molar-refractivity contribution in [2.45, 2.75) is 113 Å². The molecule has 0 spiro atoms. The third-order valence-corrected chi connectivity index (χ3v) is 9.82. The van der Waals surface area contributed by atoms with Crippen molar-refractivity contribution in [2.24, 2.45) is 0 Å². The molecular formula is C25H45Cl2P3Ru. The number of hydrogen-bond acceptors (Lipinski definition) is 0. The Labute approximate surface area is 213 Å². The maximum atomic E-state index is 5.67. The molecule has 0 N–H and O–H groups in total. The fraction of sp³-hybridized carbons (Fsp3) is 0.720. The molecule has 6 heteroatoms. The van der Waals surface area contributed by atoms with Gasteiger partial charge in [0.25, 0.3) is 0 Å². The molecule has 1 aromatic rings. The van der Waals surface area contributed by atoms with Crippen LogP contribution in [0.5, 0.6) is 0 Å². The van der Waals surface area contributed by atoms with E-state index in [0.29, 0.717) is 0 Å². The van der Waals surface area contributed by atoms with Gasteiger partial charge in [-0.25, -0.2) is 0 Å². The number of hydrogen-bond donors (Lipinski definition) is 0. The van der Waals surface area contributed by atoms with Gasteiger partial charge in [0.2, 0.25) is 0 Å². The van der Waals surface area contributed by atoms with Crippen molar-refractivity contribution < 1.29 is 13.5 Å². The Bertz CT molecular complexity index is 511. The van der Waals surface area contributed by atoms with E-state index in [9.17, 15) is 0 Å². The summed E-state index contributed by atoms with van der Waals surface area (Å²) < 4.78 is 1.92. The van der Waals surface area contributed by atoms with Crippen molar-refractivity contribution in [3.63, 3.8) is 0 Å². The molecule has 1 aromatic carbocycles. The standard InChI is InChI=1S/C7H6.3C6H13P.2ClH.Ru/c1-7-5-3-2-4-6-7;3*7-6-4-2-1-3-5-6;;;/h1-6H;3*6H,1-5,7H2;2*1H;/q;;;;;;+2/p-2. The molecular weight excluding hydrogens is 565 g/mol. The van der Waals surface area contributed by atoms with Crippen molar-refractivity contribution in [3.8, 4) is 0 Å². The van der Waals surface area contributed by atoms with Crippen LogP contribution in [-0.2, 0) is 13.5 Å². The second-order valence-corrected chi connectivity index (χ2v) is 17.5. The maximum absolute atomic E-state index is 5.67. The van der Waals surface area contributed by atoms with Crippen LogP contribution in [0.3, 0.4) is 0 Å². The molecule has 182 valence electrons. The van der Waals surface area contributed by atoms with Crippen molar-refractivity contribution in [3.05, 3.63) is 35.9 Å². The molecule has 0 saturated heterocycles. The molecule has 3 atom stereocenters. The molecule has 3 fully saturated rings. The summed E-state index contributed by atoms with van der Waals surface area (Å²) in [6.07, 6.45) is 21.9. The summed E-state index contributed by atoms with van der Waals surface area (Å²) >= 11 is -1.61. The fourth-order valence-electron chi connectivity index (χ4n) is 4.01. The van der Waals surface area contributed by atoms with Crippen molar-refractivity contribution in [1.29, 1.82) is 0 Å². The zero-order chi connectivity index (χ0) is 22.7. The Hall–Kier alpha value is 1.58. The molecule has 3 aliphatic carbocycles. The Morgan fingerprint density at radius 3 is 1.13 bits per heavy atom. The molecule has 0 amide bonds. The van der Waals surface area contributed by atoms with Gasteiger partial charge in [-0.1, -0.05) is 57.8 Å². The first-order valence-corrected chi connectivity index (χ1v) is 19.6. The molecule has 3 unspecified atom stereocenters. The van der Waals surface area contributed by atoms with Gasteiger partial charge >= 0.3 is 73.4 Å². The second kappa shape index (κ2) is 20.9. The number of benzene rings is 1. The summed E-state index contributed by atoms with van der Waals surface area (Å²) in [5.41, 5.74) is 3.97. The molecule has 0 radical (unpaired) electrons. The fourth-order valence-corrected chi connectivity index (χ4v) is 7.25. The van der Waals surface area contributed by atoms with Gasteiger partial charge in [-0.3, -0.25) is 0 Å². The number of rotatable bonds is 1. The summed E-state index contributed by atoms with van der Waals surface area (Å²) in [6.45, 7) is 0. The van der Waals surface area contributed by atoms with Crippen LogP contribution in [0.4, 0.5) is 0 Å². The Kier molecular flexibility index (Phi) is 20.7. The van der Waals surface area contributed by atoms with Crippen LogP contribution in [0.1, 0.15) is 102 Å². The van der Waals surface area contributed by atoms with Crippen molar-refractivity contribution >= 4 is 51.7 Å². The molecule has 0 heterocycles. The van der Waals surface area contributed by atoms with Gasteiger partial charge in [0, 0.05) is 0 Å². The van der Waals surface area contributed by atoms with E-state index in [1.807, 2.05) is 34.9 Å². The van der Waals surface area contributed by atoms with E-state index >= 15 is 0 Å². The van der Waals surface area contributed by atoms with Crippen LogP contribution in [0, 0.1) is 0 Å². The first-order valence-electron chi connectivity index (χ1n) is 12.1. The summed E-state index contributed by atoms with van der Waals surface area (Å²) in [6, 6.07) is 9.89. The first-order chi connectivity index (χ1) is 15.0. The monoisotopic (exact) mass is 610 g/mol.